The molecule has 7 heteroatoms. The van der Waals surface area contributed by atoms with Gasteiger partial charge in [-0.05, 0) is 55.2 Å². The number of anilines is 3. The van der Waals surface area contributed by atoms with Crippen LogP contribution in [0, 0.1) is 5.92 Å². The molecule has 1 aliphatic carbocycles. The molecule has 1 heterocycles. The summed E-state index contributed by atoms with van der Waals surface area (Å²) in [6.45, 7) is 10.2. The van der Waals surface area contributed by atoms with Crippen molar-refractivity contribution in [3.8, 4) is 6.01 Å². The molecule has 1 aliphatic rings. The summed E-state index contributed by atoms with van der Waals surface area (Å²) in [5, 5.41) is 13.0. The minimum atomic E-state index is -0.768. The van der Waals surface area contributed by atoms with Gasteiger partial charge in [-0.3, -0.25) is 4.79 Å². The Morgan fingerprint density at radius 1 is 1.17 bits per heavy atom. The molecule has 192 valence electrons. The number of aliphatic carboxylic acids is 1. The fourth-order valence-electron chi connectivity index (χ4n) is 4.90. The lowest BCUT2D eigenvalue weighted by atomic mass is 9.90. The lowest BCUT2D eigenvalue weighted by molar-refractivity contribution is -0.137. The fraction of sp³-hybridized carbons (Fsp3) is 0.607. The number of carboxylic acid groups (broad SMARTS) is 1. The number of nitrogens with zero attached hydrogens (tertiary/aromatic N) is 3. The topological polar surface area (TPSA) is 87.6 Å². The fourth-order valence-corrected chi connectivity index (χ4v) is 4.90. The Hall–Kier alpha value is -2.83. The Balaban J connectivity index is 1.98. The lowest BCUT2D eigenvalue weighted by Gasteiger charge is -2.38. The van der Waals surface area contributed by atoms with Crippen molar-refractivity contribution in [3.05, 3.63) is 36.2 Å². The van der Waals surface area contributed by atoms with Gasteiger partial charge in [0.25, 0.3) is 0 Å². The van der Waals surface area contributed by atoms with E-state index in [4.69, 9.17) is 4.74 Å². The van der Waals surface area contributed by atoms with Crippen molar-refractivity contribution < 1.29 is 14.6 Å². The first-order valence-electron chi connectivity index (χ1n) is 13.2. The summed E-state index contributed by atoms with van der Waals surface area (Å²) in [5.74, 6) is -0.273. The van der Waals surface area contributed by atoms with Crippen molar-refractivity contribution in [2.45, 2.75) is 91.0 Å². The molecule has 1 fully saturated rings. The molecular weight excluding hydrogens is 440 g/mol. The molecule has 1 aromatic heterocycles. The average molecular weight is 483 g/mol. The molecule has 7 nitrogen and oxygen atoms in total. The van der Waals surface area contributed by atoms with E-state index in [-0.39, 0.29) is 12.3 Å². The molecule has 1 aromatic carbocycles. The Morgan fingerprint density at radius 3 is 2.49 bits per heavy atom. The van der Waals surface area contributed by atoms with Crippen LogP contribution in [-0.2, 0) is 4.79 Å². The van der Waals surface area contributed by atoms with Crippen molar-refractivity contribution >= 4 is 23.0 Å². The lowest BCUT2D eigenvalue weighted by Crippen LogP contribution is -2.39. The minimum Gasteiger partial charge on any atom is -0.481 e. The van der Waals surface area contributed by atoms with E-state index < -0.39 is 5.97 Å². The Kier molecular flexibility index (Phi) is 10.2. The van der Waals surface area contributed by atoms with Crippen LogP contribution >= 0.6 is 0 Å². The smallest absolute Gasteiger partial charge is 0.316 e. The summed E-state index contributed by atoms with van der Waals surface area (Å²) >= 11 is 0. The summed E-state index contributed by atoms with van der Waals surface area (Å²) in [4.78, 5) is 22.7. The van der Waals surface area contributed by atoms with Gasteiger partial charge >= 0.3 is 12.0 Å². The Labute approximate surface area is 210 Å². The van der Waals surface area contributed by atoms with Gasteiger partial charge in [0.05, 0.1) is 42.5 Å². The Bertz CT molecular complexity index is 926. The van der Waals surface area contributed by atoms with Crippen molar-refractivity contribution in [3.63, 3.8) is 0 Å². The Morgan fingerprint density at radius 2 is 1.89 bits per heavy atom. The summed E-state index contributed by atoms with van der Waals surface area (Å²) < 4.78 is 5.53. The maximum absolute atomic E-state index is 11.5. The number of hydrogen-bond donors (Lipinski definition) is 2. The van der Waals surface area contributed by atoms with Gasteiger partial charge < -0.3 is 20.1 Å². The van der Waals surface area contributed by atoms with E-state index in [2.05, 4.69) is 52.2 Å². The molecule has 2 N–H and O–H groups in total. The molecule has 1 atom stereocenters. The van der Waals surface area contributed by atoms with Gasteiger partial charge in [0.2, 0.25) is 0 Å². The van der Waals surface area contributed by atoms with Crippen LogP contribution < -0.4 is 15.0 Å². The first-order valence-corrected chi connectivity index (χ1v) is 13.2. The number of benzene rings is 1. The van der Waals surface area contributed by atoms with Gasteiger partial charge in [0.1, 0.15) is 0 Å². The minimum absolute atomic E-state index is 0.0311. The van der Waals surface area contributed by atoms with Crippen LogP contribution in [0.2, 0.25) is 0 Å². The highest BCUT2D eigenvalue weighted by molar-refractivity contribution is 5.77. The second kappa shape index (κ2) is 13.3. The van der Waals surface area contributed by atoms with E-state index in [0.29, 0.717) is 24.6 Å². The molecule has 1 unspecified atom stereocenters. The van der Waals surface area contributed by atoms with Gasteiger partial charge in [-0.2, -0.15) is 0 Å². The molecule has 2 aromatic rings. The maximum Gasteiger partial charge on any atom is 0.316 e. The van der Waals surface area contributed by atoms with Crippen molar-refractivity contribution in [2.75, 3.05) is 23.4 Å². The van der Waals surface area contributed by atoms with E-state index in [9.17, 15) is 9.90 Å². The largest absolute Gasteiger partial charge is 0.481 e. The quantitative estimate of drug-likeness (QED) is 0.325. The zero-order valence-electron chi connectivity index (χ0n) is 21.8. The van der Waals surface area contributed by atoms with Crippen LogP contribution in [0.4, 0.5) is 17.1 Å². The molecule has 0 aliphatic heterocycles. The average Bonchev–Trinajstić information content (AvgIpc) is 2.86. The highest BCUT2D eigenvalue weighted by Crippen LogP contribution is 2.37. The third-order valence-corrected chi connectivity index (χ3v) is 6.64. The van der Waals surface area contributed by atoms with Gasteiger partial charge in [-0.15, -0.1) is 0 Å². The number of nitrogens with one attached hydrogen (secondary N) is 1. The van der Waals surface area contributed by atoms with Gasteiger partial charge in [-0.1, -0.05) is 53.0 Å². The van der Waals surface area contributed by atoms with Gasteiger partial charge in [0.15, 0.2) is 0 Å². The first kappa shape index (κ1) is 26.8. The van der Waals surface area contributed by atoms with Gasteiger partial charge in [-0.25, -0.2) is 9.97 Å². The summed E-state index contributed by atoms with van der Waals surface area (Å²) in [6.07, 6.45) is 11.6. The molecule has 0 bridgehead atoms. The molecule has 0 saturated heterocycles. The van der Waals surface area contributed by atoms with Crippen LogP contribution in [0.25, 0.3) is 0 Å². The monoisotopic (exact) mass is 482 g/mol. The van der Waals surface area contributed by atoms with Crippen LogP contribution in [-0.4, -0.2) is 40.2 Å². The third-order valence-electron chi connectivity index (χ3n) is 6.64. The number of rotatable bonds is 13. The molecule has 0 amide bonds. The zero-order valence-corrected chi connectivity index (χ0v) is 21.8. The molecular formula is C28H42N4O3. The highest BCUT2D eigenvalue weighted by atomic mass is 16.5. The van der Waals surface area contributed by atoms with E-state index in [1.165, 1.54) is 32.1 Å². The zero-order chi connectivity index (χ0) is 25.2. The molecule has 3 rings (SSSR count). The van der Waals surface area contributed by atoms with Crippen molar-refractivity contribution in [2.24, 2.45) is 5.92 Å². The predicted molar refractivity (Wildman–Crippen MR) is 142 cm³/mol. The molecule has 1 saturated carbocycles. The number of carboxylic acids is 1. The second-order valence-electron chi connectivity index (χ2n) is 10.0. The highest BCUT2D eigenvalue weighted by Gasteiger charge is 2.25. The van der Waals surface area contributed by atoms with E-state index in [1.807, 2.05) is 13.8 Å². The summed E-state index contributed by atoms with van der Waals surface area (Å²) in [7, 11) is 0. The van der Waals surface area contributed by atoms with Crippen LogP contribution in [0.3, 0.4) is 0 Å². The van der Waals surface area contributed by atoms with Crippen LogP contribution in [0.5, 0.6) is 6.01 Å². The third kappa shape index (κ3) is 7.84. The molecule has 0 spiro atoms. The molecule has 35 heavy (non-hydrogen) atoms. The normalized spacial score (nSPS) is 15.1. The predicted octanol–water partition coefficient (Wildman–Crippen LogP) is 6.77. The van der Waals surface area contributed by atoms with E-state index >= 15 is 0 Å². The van der Waals surface area contributed by atoms with Crippen LogP contribution in [0.1, 0.15) is 90.5 Å². The van der Waals surface area contributed by atoms with E-state index in [0.717, 1.165) is 42.0 Å². The molecule has 0 radical (unpaired) electrons. The number of carbonyl (C=O) groups is 1. The first-order chi connectivity index (χ1) is 16.9. The second-order valence-corrected chi connectivity index (χ2v) is 10.0. The van der Waals surface area contributed by atoms with Crippen molar-refractivity contribution in [1.82, 2.24) is 9.97 Å². The van der Waals surface area contributed by atoms with Crippen molar-refractivity contribution in [1.29, 1.82) is 0 Å². The standard InChI is InChI=1S/C28H42N4O3/c1-5-14-35-28-29-17-23(18-30-28)31-25-15-22(21(6-2)16-27(33)34)12-13-26(25)32(19-20(3)4)24-10-8-7-9-11-24/h12-13,15,17-18,20-21,24,31H,5-11,14,16,19H2,1-4H3,(H,33,34). The number of ether oxygens (including phenoxy) is 1. The van der Waals surface area contributed by atoms with Gasteiger partial charge in [0, 0.05) is 12.6 Å². The van der Waals surface area contributed by atoms with Crippen LogP contribution in [0.15, 0.2) is 30.6 Å². The summed E-state index contributed by atoms with van der Waals surface area (Å²) in [6, 6.07) is 7.32. The number of aromatic nitrogens is 2. The maximum atomic E-state index is 11.5. The number of hydrogen-bond acceptors (Lipinski definition) is 6. The SMILES string of the molecule is CCCOc1ncc(Nc2cc(C(CC)CC(=O)O)ccc2N(CC(C)C)C2CCCCC2)cn1. The van der Waals surface area contributed by atoms with E-state index in [1.54, 1.807) is 12.4 Å². The summed E-state index contributed by atoms with van der Waals surface area (Å²) in [5.41, 5.74) is 3.96.